The molecule has 2 aromatic rings. The van der Waals surface area contributed by atoms with Crippen LogP contribution in [-0.4, -0.2) is 20.6 Å². The van der Waals surface area contributed by atoms with E-state index in [2.05, 4.69) is 10.3 Å². The third-order valence-corrected chi connectivity index (χ3v) is 2.82. The van der Waals surface area contributed by atoms with Gasteiger partial charge in [-0.15, -0.1) is 0 Å². The Bertz CT molecular complexity index is 665. The quantitative estimate of drug-likeness (QED) is 0.915. The van der Waals surface area contributed by atoms with Crippen LogP contribution < -0.4 is 5.32 Å². The zero-order chi connectivity index (χ0) is 15.6. The van der Waals surface area contributed by atoms with Crippen LogP contribution in [0.1, 0.15) is 23.1 Å². The van der Waals surface area contributed by atoms with E-state index in [-0.39, 0.29) is 23.7 Å². The number of halogens is 3. The fourth-order valence-electron chi connectivity index (χ4n) is 1.87. The van der Waals surface area contributed by atoms with E-state index in [0.29, 0.717) is 0 Å². The summed E-state index contributed by atoms with van der Waals surface area (Å²) in [5.74, 6) is -2.14. The summed E-state index contributed by atoms with van der Waals surface area (Å²) in [6, 6.07) is 5.74. The smallest absolute Gasteiger partial charge is 0.449 e. The van der Waals surface area contributed by atoms with Crippen molar-refractivity contribution in [3.8, 4) is 5.75 Å². The molecule has 1 aromatic carbocycles. The number of phenols is 1. The summed E-state index contributed by atoms with van der Waals surface area (Å²) >= 11 is 0. The lowest BCUT2D eigenvalue weighted by atomic mass is 10.2. The lowest BCUT2D eigenvalue weighted by Gasteiger charge is -2.12. The summed E-state index contributed by atoms with van der Waals surface area (Å²) in [4.78, 5) is 15.3. The maximum absolute atomic E-state index is 12.7. The van der Waals surface area contributed by atoms with E-state index in [0.717, 1.165) is 10.8 Å². The molecular weight excluding hydrogens is 287 g/mol. The van der Waals surface area contributed by atoms with E-state index in [9.17, 15) is 23.1 Å². The second-order valence-electron chi connectivity index (χ2n) is 4.18. The summed E-state index contributed by atoms with van der Waals surface area (Å²) in [6.07, 6.45) is -3.67. The van der Waals surface area contributed by atoms with Crippen LogP contribution in [-0.2, 0) is 12.7 Å². The van der Waals surface area contributed by atoms with Crippen LogP contribution in [0.3, 0.4) is 0 Å². The highest BCUT2D eigenvalue weighted by molar-refractivity contribution is 6.05. The molecule has 2 rings (SSSR count). The molecule has 0 bridgehead atoms. The molecule has 0 radical (unpaired) electrons. The first-order chi connectivity index (χ1) is 9.84. The molecule has 1 heterocycles. The molecule has 0 fully saturated rings. The molecule has 1 aromatic heterocycles. The Morgan fingerprint density at radius 1 is 1.38 bits per heavy atom. The van der Waals surface area contributed by atoms with Gasteiger partial charge in [0.2, 0.25) is 5.82 Å². The fraction of sp³-hybridized carbons (Fsp3) is 0.231. The van der Waals surface area contributed by atoms with E-state index < -0.39 is 17.9 Å². The average Bonchev–Trinajstić information content (AvgIpc) is 2.81. The summed E-state index contributed by atoms with van der Waals surface area (Å²) in [7, 11) is 0. The monoisotopic (exact) mass is 299 g/mol. The Kier molecular flexibility index (Phi) is 3.88. The first-order valence-electron chi connectivity index (χ1n) is 6.06. The van der Waals surface area contributed by atoms with E-state index in [1.165, 1.54) is 31.2 Å². The second kappa shape index (κ2) is 5.47. The number of carbonyl (C=O) groups is 1. The minimum atomic E-state index is -4.60. The number of nitrogens with zero attached hydrogens (tertiary/aromatic N) is 2. The number of imidazole rings is 1. The maximum Gasteiger partial charge on any atom is 0.449 e. The van der Waals surface area contributed by atoms with Crippen molar-refractivity contribution in [1.29, 1.82) is 0 Å². The number of hydrogen-bond acceptors (Lipinski definition) is 3. The van der Waals surface area contributed by atoms with Gasteiger partial charge in [-0.25, -0.2) is 4.98 Å². The molecule has 0 unspecified atom stereocenters. The molecule has 0 aliphatic carbocycles. The Labute approximate surface area is 118 Å². The number of rotatable bonds is 3. The first kappa shape index (κ1) is 14.9. The third-order valence-electron chi connectivity index (χ3n) is 2.82. The molecule has 0 saturated carbocycles. The minimum absolute atomic E-state index is 0.00870. The molecule has 0 aliphatic rings. The van der Waals surface area contributed by atoms with Gasteiger partial charge in [-0.3, -0.25) is 4.79 Å². The number of amides is 1. The highest BCUT2D eigenvalue weighted by Crippen LogP contribution is 2.30. The van der Waals surface area contributed by atoms with Gasteiger partial charge < -0.3 is 15.0 Å². The SMILES string of the molecule is CCn1c(NC(=O)c2ccccc2O)cnc1C(F)(F)F. The van der Waals surface area contributed by atoms with E-state index in [1.54, 1.807) is 0 Å². The molecule has 0 atom stereocenters. The second-order valence-corrected chi connectivity index (χ2v) is 4.18. The van der Waals surface area contributed by atoms with Gasteiger partial charge >= 0.3 is 6.18 Å². The van der Waals surface area contributed by atoms with Crippen LogP contribution in [0.5, 0.6) is 5.75 Å². The minimum Gasteiger partial charge on any atom is -0.507 e. The average molecular weight is 299 g/mol. The van der Waals surface area contributed by atoms with Crippen LogP contribution in [0, 0.1) is 0 Å². The largest absolute Gasteiger partial charge is 0.507 e. The Morgan fingerprint density at radius 2 is 2.05 bits per heavy atom. The van der Waals surface area contributed by atoms with Gasteiger partial charge in [0.15, 0.2) is 0 Å². The molecule has 0 saturated heterocycles. The Hall–Kier alpha value is -2.51. The summed E-state index contributed by atoms with van der Waals surface area (Å²) in [6.45, 7) is 1.50. The highest BCUT2D eigenvalue weighted by Gasteiger charge is 2.37. The molecule has 0 aliphatic heterocycles. The van der Waals surface area contributed by atoms with Crippen molar-refractivity contribution < 1.29 is 23.1 Å². The number of anilines is 1. The standard InChI is InChI=1S/C13H12F3N3O2/c1-2-19-10(7-17-12(19)13(14,15)16)18-11(21)8-5-3-4-6-9(8)20/h3-7,20H,2H2,1H3,(H,18,21). The summed E-state index contributed by atoms with van der Waals surface area (Å²) in [5.41, 5.74) is -0.0325. The van der Waals surface area contributed by atoms with Gasteiger partial charge in [0.1, 0.15) is 11.6 Å². The Morgan fingerprint density at radius 3 is 2.62 bits per heavy atom. The number of aromatic hydroxyl groups is 1. The zero-order valence-electron chi connectivity index (χ0n) is 11.0. The maximum atomic E-state index is 12.7. The molecule has 5 nitrogen and oxygen atoms in total. The van der Waals surface area contributed by atoms with Gasteiger partial charge in [-0.05, 0) is 19.1 Å². The molecule has 1 amide bonds. The van der Waals surface area contributed by atoms with Gasteiger partial charge in [0, 0.05) is 6.54 Å². The summed E-state index contributed by atoms with van der Waals surface area (Å²) in [5, 5.41) is 11.9. The molecule has 0 spiro atoms. The van der Waals surface area contributed by atoms with Crippen molar-refractivity contribution in [2.75, 3.05) is 5.32 Å². The number of nitrogens with one attached hydrogen (secondary N) is 1. The normalized spacial score (nSPS) is 11.4. The van der Waals surface area contributed by atoms with Crippen molar-refractivity contribution in [2.45, 2.75) is 19.6 Å². The summed E-state index contributed by atoms with van der Waals surface area (Å²) < 4.78 is 39.1. The zero-order valence-corrected chi connectivity index (χ0v) is 11.0. The number of benzene rings is 1. The van der Waals surface area contributed by atoms with Gasteiger partial charge in [0.25, 0.3) is 5.91 Å². The van der Waals surface area contributed by atoms with Crippen LogP contribution in [0.4, 0.5) is 19.0 Å². The molecular formula is C13H12F3N3O2. The highest BCUT2D eigenvalue weighted by atomic mass is 19.4. The fourth-order valence-corrected chi connectivity index (χ4v) is 1.87. The Balaban J connectivity index is 2.31. The van der Waals surface area contributed by atoms with Crippen LogP contribution in [0.2, 0.25) is 0 Å². The predicted molar refractivity (Wildman–Crippen MR) is 69.0 cm³/mol. The van der Waals surface area contributed by atoms with E-state index in [1.807, 2.05) is 0 Å². The van der Waals surface area contributed by atoms with Crippen LogP contribution in [0.15, 0.2) is 30.5 Å². The van der Waals surface area contributed by atoms with Crippen molar-refractivity contribution in [3.05, 3.63) is 41.9 Å². The van der Waals surface area contributed by atoms with Crippen molar-refractivity contribution in [1.82, 2.24) is 9.55 Å². The molecule has 8 heteroatoms. The third kappa shape index (κ3) is 2.99. The molecule has 21 heavy (non-hydrogen) atoms. The van der Waals surface area contributed by atoms with Crippen LogP contribution in [0.25, 0.3) is 0 Å². The number of alkyl halides is 3. The van der Waals surface area contributed by atoms with Crippen molar-refractivity contribution in [3.63, 3.8) is 0 Å². The van der Waals surface area contributed by atoms with Gasteiger partial charge in [0.05, 0.1) is 11.8 Å². The van der Waals surface area contributed by atoms with E-state index in [4.69, 9.17) is 0 Å². The molecule has 112 valence electrons. The van der Waals surface area contributed by atoms with Gasteiger partial charge in [-0.2, -0.15) is 13.2 Å². The topological polar surface area (TPSA) is 67.2 Å². The lowest BCUT2D eigenvalue weighted by Crippen LogP contribution is -2.19. The first-order valence-corrected chi connectivity index (χ1v) is 6.06. The number of hydrogen-bond donors (Lipinski definition) is 2. The number of aromatic nitrogens is 2. The predicted octanol–water partition coefficient (Wildman–Crippen LogP) is 2.88. The van der Waals surface area contributed by atoms with Crippen molar-refractivity contribution in [2.24, 2.45) is 0 Å². The van der Waals surface area contributed by atoms with Gasteiger partial charge in [-0.1, -0.05) is 12.1 Å². The number of para-hydroxylation sites is 1. The molecule has 2 N–H and O–H groups in total. The van der Waals surface area contributed by atoms with E-state index >= 15 is 0 Å². The number of phenolic OH excluding ortho intramolecular Hbond substituents is 1. The lowest BCUT2D eigenvalue weighted by molar-refractivity contribution is -0.147. The van der Waals surface area contributed by atoms with Crippen LogP contribution >= 0.6 is 0 Å². The van der Waals surface area contributed by atoms with Crippen molar-refractivity contribution >= 4 is 11.7 Å². The number of carbonyl (C=O) groups excluding carboxylic acids is 1.